The molecule has 0 bridgehead atoms. The van der Waals surface area contributed by atoms with Gasteiger partial charge < -0.3 is 14.9 Å². The SMILES string of the molecule is Oc1ccc([C@@H]2Cc3cc(O)ccc3O2)cc1. The maximum Gasteiger partial charge on any atom is 0.128 e. The first-order valence-corrected chi connectivity index (χ1v) is 5.50. The average molecular weight is 228 g/mol. The van der Waals surface area contributed by atoms with Gasteiger partial charge in [0, 0.05) is 12.0 Å². The van der Waals surface area contributed by atoms with E-state index >= 15 is 0 Å². The topological polar surface area (TPSA) is 49.7 Å². The van der Waals surface area contributed by atoms with E-state index in [9.17, 15) is 10.2 Å². The molecule has 0 aromatic heterocycles. The highest BCUT2D eigenvalue weighted by molar-refractivity contribution is 5.44. The Morgan fingerprint density at radius 3 is 2.41 bits per heavy atom. The Morgan fingerprint density at radius 2 is 1.65 bits per heavy atom. The van der Waals surface area contributed by atoms with Gasteiger partial charge in [0.05, 0.1) is 0 Å². The highest BCUT2D eigenvalue weighted by Gasteiger charge is 2.24. The molecule has 17 heavy (non-hydrogen) atoms. The van der Waals surface area contributed by atoms with Crippen molar-refractivity contribution in [3.63, 3.8) is 0 Å². The minimum atomic E-state index is -0.0348. The monoisotopic (exact) mass is 228 g/mol. The van der Waals surface area contributed by atoms with E-state index in [-0.39, 0.29) is 17.6 Å². The molecule has 0 radical (unpaired) electrons. The first-order valence-electron chi connectivity index (χ1n) is 5.50. The Bertz CT molecular complexity index is 546. The zero-order chi connectivity index (χ0) is 11.8. The molecular weight excluding hydrogens is 216 g/mol. The van der Waals surface area contributed by atoms with Crippen LogP contribution in [0.4, 0.5) is 0 Å². The van der Waals surface area contributed by atoms with Crippen molar-refractivity contribution in [3.8, 4) is 17.2 Å². The van der Waals surface area contributed by atoms with Crippen molar-refractivity contribution in [1.29, 1.82) is 0 Å². The van der Waals surface area contributed by atoms with Gasteiger partial charge in [-0.3, -0.25) is 0 Å². The summed E-state index contributed by atoms with van der Waals surface area (Å²) in [4.78, 5) is 0. The van der Waals surface area contributed by atoms with Gasteiger partial charge in [0.15, 0.2) is 0 Å². The molecule has 0 saturated heterocycles. The number of hydrogen-bond acceptors (Lipinski definition) is 3. The van der Waals surface area contributed by atoms with Gasteiger partial charge in [0.25, 0.3) is 0 Å². The molecule has 0 fully saturated rings. The molecule has 1 atom stereocenters. The van der Waals surface area contributed by atoms with E-state index in [1.165, 1.54) is 0 Å². The van der Waals surface area contributed by atoms with Crippen LogP contribution < -0.4 is 4.74 Å². The van der Waals surface area contributed by atoms with E-state index in [0.717, 1.165) is 23.3 Å². The average Bonchev–Trinajstić information content (AvgIpc) is 2.72. The summed E-state index contributed by atoms with van der Waals surface area (Å²) in [6.45, 7) is 0. The third-order valence-electron chi connectivity index (χ3n) is 2.98. The number of ether oxygens (including phenoxy) is 1. The van der Waals surface area contributed by atoms with Crippen LogP contribution in [0.15, 0.2) is 42.5 Å². The van der Waals surface area contributed by atoms with Crippen LogP contribution in [0.2, 0.25) is 0 Å². The van der Waals surface area contributed by atoms with Gasteiger partial charge >= 0.3 is 0 Å². The Morgan fingerprint density at radius 1 is 0.941 bits per heavy atom. The summed E-state index contributed by atoms with van der Waals surface area (Å²) in [5, 5.41) is 18.6. The van der Waals surface area contributed by atoms with Crippen molar-refractivity contribution in [2.45, 2.75) is 12.5 Å². The summed E-state index contributed by atoms with van der Waals surface area (Å²) in [5.74, 6) is 1.33. The third-order valence-corrected chi connectivity index (χ3v) is 2.98. The summed E-state index contributed by atoms with van der Waals surface area (Å²) in [5.41, 5.74) is 2.04. The summed E-state index contributed by atoms with van der Waals surface area (Å²) in [6.07, 6.45) is 0.710. The van der Waals surface area contributed by atoms with Crippen molar-refractivity contribution in [2.75, 3.05) is 0 Å². The first kappa shape index (κ1) is 10.0. The second kappa shape index (κ2) is 3.70. The third kappa shape index (κ3) is 1.80. The summed E-state index contributed by atoms with van der Waals surface area (Å²) < 4.78 is 5.80. The highest BCUT2D eigenvalue weighted by atomic mass is 16.5. The van der Waals surface area contributed by atoms with Crippen LogP contribution in [0.1, 0.15) is 17.2 Å². The van der Waals surface area contributed by atoms with Gasteiger partial charge in [-0.15, -0.1) is 0 Å². The smallest absolute Gasteiger partial charge is 0.128 e. The molecule has 0 amide bonds. The predicted octanol–water partition coefficient (Wildman–Crippen LogP) is 2.77. The summed E-state index contributed by atoms with van der Waals surface area (Å²) in [6, 6.07) is 12.1. The molecular formula is C14H12O3. The van der Waals surface area contributed by atoms with E-state index in [1.807, 2.05) is 12.1 Å². The molecule has 1 heterocycles. The van der Waals surface area contributed by atoms with E-state index < -0.39 is 0 Å². The normalized spacial score (nSPS) is 17.5. The minimum absolute atomic E-state index is 0.0348. The van der Waals surface area contributed by atoms with E-state index in [1.54, 1.807) is 30.3 Å². The van der Waals surface area contributed by atoms with E-state index in [0.29, 0.717) is 0 Å². The number of phenolic OH excluding ortho intramolecular Hbond substituents is 2. The van der Waals surface area contributed by atoms with Gasteiger partial charge in [-0.05, 0) is 35.9 Å². The lowest BCUT2D eigenvalue weighted by molar-refractivity contribution is 0.238. The van der Waals surface area contributed by atoms with Gasteiger partial charge in [-0.25, -0.2) is 0 Å². The molecule has 0 aliphatic carbocycles. The largest absolute Gasteiger partial charge is 0.508 e. The fourth-order valence-corrected chi connectivity index (χ4v) is 2.11. The maximum atomic E-state index is 9.40. The minimum Gasteiger partial charge on any atom is -0.508 e. The number of phenols is 2. The molecule has 3 heteroatoms. The van der Waals surface area contributed by atoms with E-state index in [4.69, 9.17) is 4.74 Å². The number of fused-ring (bicyclic) bond motifs is 1. The highest BCUT2D eigenvalue weighted by Crippen LogP contribution is 2.38. The Kier molecular flexibility index (Phi) is 2.18. The lowest BCUT2D eigenvalue weighted by Gasteiger charge is -2.10. The van der Waals surface area contributed by atoms with Crippen LogP contribution in [0.25, 0.3) is 0 Å². The van der Waals surface area contributed by atoms with Crippen molar-refractivity contribution < 1.29 is 14.9 Å². The van der Waals surface area contributed by atoms with Crippen LogP contribution in [-0.4, -0.2) is 10.2 Å². The van der Waals surface area contributed by atoms with E-state index in [2.05, 4.69) is 0 Å². The van der Waals surface area contributed by atoms with Gasteiger partial charge in [-0.1, -0.05) is 12.1 Å². The van der Waals surface area contributed by atoms with Gasteiger partial charge in [0.2, 0.25) is 0 Å². The van der Waals surface area contributed by atoms with Gasteiger partial charge in [0.1, 0.15) is 23.4 Å². The molecule has 2 aromatic carbocycles. The van der Waals surface area contributed by atoms with Crippen molar-refractivity contribution in [1.82, 2.24) is 0 Å². The molecule has 1 aliphatic heterocycles. The Balaban J connectivity index is 1.88. The molecule has 3 rings (SSSR count). The second-order valence-electron chi connectivity index (χ2n) is 4.19. The molecule has 86 valence electrons. The first-order chi connectivity index (χ1) is 8.22. The fourth-order valence-electron chi connectivity index (χ4n) is 2.11. The molecule has 3 nitrogen and oxygen atoms in total. The van der Waals surface area contributed by atoms with Crippen LogP contribution >= 0.6 is 0 Å². The zero-order valence-electron chi connectivity index (χ0n) is 9.13. The number of rotatable bonds is 1. The standard InChI is InChI=1S/C14H12O3/c15-11-3-1-9(2-4-11)14-8-10-7-12(16)5-6-13(10)17-14/h1-7,14-16H,8H2/t14-/m0/s1. The molecule has 2 N–H and O–H groups in total. The van der Waals surface area contributed by atoms with Crippen LogP contribution in [0.5, 0.6) is 17.2 Å². The Labute approximate surface area is 98.9 Å². The van der Waals surface area contributed by atoms with Crippen molar-refractivity contribution >= 4 is 0 Å². The maximum absolute atomic E-state index is 9.40. The molecule has 0 spiro atoms. The predicted molar refractivity (Wildman–Crippen MR) is 63.3 cm³/mol. The number of aromatic hydroxyl groups is 2. The van der Waals surface area contributed by atoms with Crippen LogP contribution in [-0.2, 0) is 6.42 Å². The number of benzene rings is 2. The van der Waals surface area contributed by atoms with Crippen LogP contribution in [0, 0.1) is 0 Å². The van der Waals surface area contributed by atoms with Crippen molar-refractivity contribution in [2.24, 2.45) is 0 Å². The molecule has 2 aromatic rings. The fraction of sp³-hybridized carbons (Fsp3) is 0.143. The van der Waals surface area contributed by atoms with Crippen molar-refractivity contribution in [3.05, 3.63) is 53.6 Å². The molecule has 1 aliphatic rings. The zero-order valence-corrected chi connectivity index (χ0v) is 9.13. The summed E-state index contributed by atoms with van der Waals surface area (Å²) in [7, 11) is 0. The quantitative estimate of drug-likeness (QED) is 0.789. The second-order valence-corrected chi connectivity index (χ2v) is 4.19. The molecule has 0 saturated carbocycles. The Hall–Kier alpha value is -2.16. The van der Waals surface area contributed by atoms with Crippen LogP contribution in [0.3, 0.4) is 0 Å². The summed E-state index contributed by atoms with van der Waals surface area (Å²) >= 11 is 0. The lowest BCUT2D eigenvalue weighted by Crippen LogP contribution is -2.02. The lowest BCUT2D eigenvalue weighted by atomic mass is 10.0. The number of hydrogen-bond donors (Lipinski definition) is 2. The molecule has 0 unspecified atom stereocenters. The van der Waals surface area contributed by atoms with Gasteiger partial charge in [-0.2, -0.15) is 0 Å².